The lowest BCUT2D eigenvalue weighted by Crippen LogP contribution is -2.48. The second kappa shape index (κ2) is 8.24. The summed E-state index contributed by atoms with van der Waals surface area (Å²) in [4.78, 5) is 15.0. The lowest BCUT2D eigenvalue weighted by molar-refractivity contribution is -0.120. The van der Waals surface area contributed by atoms with Crippen LogP contribution >= 0.6 is 11.8 Å². The minimum atomic E-state index is -3.75. The predicted molar refractivity (Wildman–Crippen MR) is 106 cm³/mol. The van der Waals surface area contributed by atoms with Crippen molar-refractivity contribution in [3.05, 3.63) is 60.2 Å². The largest absolute Gasteiger partial charge is 0.310 e. The molecule has 7 heteroatoms. The van der Waals surface area contributed by atoms with Crippen molar-refractivity contribution < 1.29 is 13.2 Å². The van der Waals surface area contributed by atoms with E-state index in [2.05, 4.69) is 4.72 Å². The number of thioether (sulfide) groups is 1. The number of hydrogen-bond acceptors (Lipinski definition) is 4. The van der Waals surface area contributed by atoms with Crippen molar-refractivity contribution in [1.82, 2.24) is 4.72 Å². The van der Waals surface area contributed by atoms with E-state index in [0.717, 1.165) is 17.7 Å². The predicted octanol–water partition coefficient (Wildman–Crippen LogP) is 2.68. The molecule has 0 aliphatic carbocycles. The molecule has 1 atom stereocenters. The number of anilines is 1. The quantitative estimate of drug-likeness (QED) is 0.789. The van der Waals surface area contributed by atoms with E-state index in [-0.39, 0.29) is 10.8 Å². The number of carbonyl (C=O) groups excluding carboxylic acids is 1. The SMILES string of the molecule is CSCCC(NS(=O)(=O)c1ccccc1)C(=O)N1CCc2ccccc21. The number of hydrogen-bond donors (Lipinski definition) is 1. The number of nitrogens with zero attached hydrogens (tertiary/aromatic N) is 1. The molecule has 0 fully saturated rings. The third-order valence-electron chi connectivity index (χ3n) is 4.41. The second-order valence-electron chi connectivity index (χ2n) is 6.14. The maximum atomic E-state index is 13.1. The van der Waals surface area contributed by atoms with Crippen LogP contribution in [0.2, 0.25) is 0 Å². The molecule has 3 rings (SSSR count). The van der Waals surface area contributed by atoms with Gasteiger partial charge in [-0.2, -0.15) is 16.5 Å². The third kappa shape index (κ3) is 4.11. The molecule has 1 N–H and O–H groups in total. The summed E-state index contributed by atoms with van der Waals surface area (Å²) in [5.41, 5.74) is 2.00. The topological polar surface area (TPSA) is 66.5 Å². The van der Waals surface area contributed by atoms with Crippen LogP contribution in [0.15, 0.2) is 59.5 Å². The number of carbonyl (C=O) groups is 1. The Balaban J connectivity index is 1.83. The van der Waals surface area contributed by atoms with Crippen LogP contribution < -0.4 is 9.62 Å². The zero-order chi connectivity index (χ0) is 18.6. The molecule has 1 amide bonds. The number of para-hydroxylation sites is 1. The highest BCUT2D eigenvalue weighted by molar-refractivity contribution is 7.98. The van der Waals surface area contributed by atoms with Gasteiger partial charge in [0.2, 0.25) is 15.9 Å². The zero-order valence-corrected chi connectivity index (χ0v) is 16.2. The highest BCUT2D eigenvalue weighted by Crippen LogP contribution is 2.28. The molecule has 0 aromatic heterocycles. The van der Waals surface area contributed by atoms with Gasteiger partial charge in [0.1, 0.15) is 6.04 Å². The number of rotatable bonds is 7. The van der Waals surface area contributed by atoms with E-state index >= 15 is 0 Å². The highest BCUT2D eigenvalue weighted by atomic mass is 32.2. The minimum Gasteiger partial charge on any atom is -0.310 e. The summed E-state index contributed by atoms with van der Waals surface area (Å²) in [6.07, 6.45) is 3.19. The van der Waals surface area contributed by atoms with Crippen LogP contribution in [0.4, 0.5) is 5.69 Å². The molecule has 0 radical (unpaired) electrons. The molecule has 5 nitrogen and oxygen atoms in total. The molecule has 0 saturated carbocycles. The average Bonchev–Trinajstić information content (AvgIpc) is 3.09. The Kier molecular flexibility index (Phi) is 6.01. The molecule has 1 aliphatic heterocycles. The van der Waals surface area contributed by atoms with Crippen molar-refractivity contribution in [3.63, 3.8) is 0 Å². The van der Waals surface area contributed by atoms with Crippen molar-refractivity contribution in [2.75, 3.05) is 23.5 Å². The van der Waals surface area contributed by atoms with E-state index < -0.39 is 16.1 Å². The molecule has 138 valence electrons. The van der Waals surface area contributed by atoms with Gasteiger partial charge in [0, 0.05) is 12.2 Å². The standard InChI is InChI=1S/C19H22N2O3S2/c1-25-14-12-17(20-26(23,24)16-8-3-2-4-9-16)19(22)21-13-11-15-7-5-6-10-18(15)21/h2-10,17,20H,11-14H2,1H3. The molecule has 1 aliphatic rings. The van der Waals surface area contributed by atoms with Gasteiger partial charge >= 0.3 is 0 Å². The summed E-state index contributed by atoms with van der Waals surface area (Å²) in [7, 11) is -3.75. The van der Waals surface area contributed by atoms with Crippen molar-refractivity contribution >= 4 is 33.4 Å². The van der Waals surface area contributed by atoms with Crippen LogP contribution in [0.3, 0.4) is 0 Å². The first-order valence-electron chi connectivity index (χ1n) is 8.48. The van der Waals surface area contributed by atoms with Crippen molar-refractivity contribution in [2.45, 2.75) is 23.8 Å². The van der Waals surface area contributed by atoms with Gasteiger partial charge < -0.3 is 4.90 Å². The Labute approximate surface area is 158 Å². The monoisotopic (exact) mass is 390 g/mol. The summed E-state index contributed by atoms with van der Waals surface area (Å²) >= 11 is 1.59. The maximum Gasteiger partial charge on any atom is 0.245 e. The van der Waals surface area contributed by atoms with Gasteiger partial charge in [-0.3, -0.25) is 4.79 Å². The van der Waals surface area contributed by atoms with E-state index in [1.165, 1.54) is 12.1 Å². The average molecular weight is 391 g/mol. The molecular weight excluding hydrogens is 368 g/mol. The van der Waals surface area contributed by atoms with Crippen molar-refractivity contribution in [2.24, 2.45) is 0 Å². The summed E-state index contributed by atoms with van der Waals surface area (Å²) < 4.78 is 28.0. The Morgan fingerprint density at radius 1 is 1.15 bits per heavy atom. The number of nitrogens with one attached hydrogen (secondary N) is 1. The molecule has 1 heterocycles. The van der Waals surface area contributed by atoms with Crippen molar-refractivity contribution in [3.8, 4) is 0 Å². The molecule has 2 aromatic carbocycles. The molecule has 0 spiro atoms. The minimum absolute atomic E-state index is 0.170. The fourth-order valence-corrected chi connectivity index (χ4v) is 4.79. The van der Waals surface area contributed by atoms with Crippen LogP contribution in [0.25, 0.3) is 0 Å². The van der Waals surface area contributed by atoms with Gasteiger partial charge in [-0.05, 0) is 48.6 Å². The summed E-state index contributed by atoms with van der Waals surface area (Å²) in [5.74, 6) is 0.506. The third-order valence-corrected chi connectivity index (χ3v) is 6.54. The molecule has 2 aromatic rings. The lowest BCUT2D eigenvalue weighted by Gasteiger charge is -2.24. The van der Waals surface area contributed by atoms with Crippen LogP contribution in [-0.4, -0.2) is 38.9 Å². The van der Waals surface area contributed by atoms with E-state index in [9.17, 15) is 13.2 Å². The smallest absolute Gasteiger partial charge is 0.245 e. The van der Waals surface area contributed by atoms with E-state index in [1.807, 2.05) is 30.5 Å². The number of amides is 1. The van der Waals surface area contributed by atoms with Gasteiger partial charge in [-0.25, -0.2) is 8.42 Å². The van der Waals surface area contributed by atoms with Gasteiger partial charge in [0.25, 0.3) is 0 Å². The Morgan fingerprint density at radius 3 is 2.58 bits per heavy atom. The van der Waals surface area contributed by atoms with Gasteiger partial charge in [0.05, 0.1) is 4.90 Å². The zero-order valence-electron chi connectivity index (χ0n) is 14.6. The van der Waals surface area contributed by atoms with Crippen LogP contribution in [0.1, 0.15) is 12.0 Å². The Hall–Kier alpha value is -1.83. The van der Waals surface area contributed by atoms with Gasteiger partial charge in [-0.15, -0.1) is 0 Å². The summed E-state index contributed by atoms with van der Waals surface area (Å²) in [6, 6.07) is 15.2. The molecule has 26 heavy (non-hydrogen) atoms. The van der Waals surface area contributed by atoms with Crippen LogP contribution in [0.5, 0.6) is 0 Å². The van der Waals surface area contributed by atoms with E-state index in [1.54, 1.807) is 34.9 Å². The van der Waals surface area contributed by atoms with Crippen LogP contribution in [0, 0.1) is 0 Å². The molecule has 0 saturated heterocycles. The fourth-order valence-electron chi connectivity index (χ4n) is 3.08. The second-order valence-corrected chi connectivity index (χ2v) is 8.84. The molecule has 0 bridgehead atoms. The normalized spacial score (nSPS) is 14.9. The fraction of sp³-hybridized carbons (Fsp3) is 0.316. The molecule has 1 unspecified atom stereocenters. The first kappa shape index (κ1) is 18.9. The first-order chi connectivity index (χ1) is 12.5. The van der Waals surface area contributed by atoms with E-state index in [0.29, 0.717) is 18.7 Å². The Bertz CT molecular complexity index is 869. The number of fused-ring (bicyclic) bond motifs is 1. The number of benzene rings is 2. The highest BCUT2D eigenvalue weighted by Gasteiger charge is 2.32. The van der Waals surface area contributed by atoms with Crippen molar-refractivity contribution in [1.29, 1.82) is 0 Å². The lowest BCUT2D eigenvalue weighted by atomic mass is 10.1. The van der Waals surface area contributed by atoms with E-state index in [4.69, 9.17) is 0 Å². The van der Waals surface area contributed by atoms with Gasteiger partial charge in [-0.1, -0.05) is 36.4 Å². The summed E-state index contributed by atoms with van der Waals surface area (Å²) in [5, 5.41) is 0. The first-order valence-corrected chi connectivity index (χ1v) is 11.4. The molecular formula is C19H22N2O3S2. The Morgan fingerprint density at radius 2 is 1.85 bits per heavy atom. The maximum absolute atomic E-state index is 13.1. The summed E-state index contributed by atoms with van der Waals surface area (Å²) in [6.45, 7) is 0.584. The van der Waals surface area contributed by atoms with Crippen LogP contribution in [-0.2, 0) is 21.2 Å². The number of sulfonamides is 1. The van der Waals surface area contributed by atoms with Gasteiger partial charge in [0.15, 0.2) is 0 Å².